The molecule has 0 aliphatic rings. The Balaban J connectivity index is 2.31. The van der Waals surface area contributed by atoms with E-state index < -0.39 is 0 Å². The van der Waals surface area contributed by atoms with Crippen molar-refractivity contribution in [2.24, 2.45) is 0 Å². The SMILES string of the molecule is COc1c(O)ccc2c(=O)cc(-c3ccc(O)cc3)oc12. The van der Waals surface area contributed by atoms with Crippen LogP contribution in [-0.4, -0.2) is 17.3 Å². The van der Waals surface area contributed by atoms with E-state index in [0.29, 0.717) is 16.7 Å². The Hall–Kier alpha value is -2.95. The molecular formula is C16H12O5. The third kappa shape index (κ3) is 2.18. The summed E-state index contributed by atoms with van der Waals surface area (Å²) in [7, 11) is 1.39. The van der Waals surface area contributed by atoms with Gasteiger partial charge in [0, 0.05) is 11.6 Å². The molecule has 0 unspecified atom stereocenters. The zero-order chi connectivity index (χ0) is 15.0. The van der Waals surface area contributed by atoms with Crippen LogP contribution in [0.1, 0.15) is 0 Å². The Morgan fingerprint density at radius 1 is 1.05 bits per heavy atom. The average Bonchev–Trinajstić information content (AvgIpc) is 2.47. The summed E-state index contributed by atoms with van der Waals surface area (Å²) in [5.74, 6) is 0.467. The lowest BCUT2D eigenvalue weighted by Crippen LogP contribution is -2.01. The molecular weight excluding hydrogens is 272 g/mol. The molecule has 5 heteroatoms. The smallest absolute Gasteiger partial charge is 0.204 e. The molecule has 3 aromatic rings. The molecule has 21 heavy (non-hydrogen) atoms. The van der Waals surface area contributed by atoms with Gasteiger partial charge in [-0.2, -0.15) is 0 Å². The quantitative estimate of drug-likeness (QED) is 0.756. The van der Waals surface area contributed by atoms with Crippen LogP contribution in [0.4, 0.5) is 0 Å². The van der Waals surface area contributed by atoms with Crippen molar-refractivity contribution in [3.8, 4) is 28.6 Å². The van der Waals surface area contributed by atoms with Crippen LogP contribution in [0.15, 0.2) is 51.7 Å². The zero-order valence-corrected chi connectivity index (χ0v) is 11.2. The van der Waals surface area contributed by atoms with Crippen LogP contribution in [-0.2, 0) is 0 Å². The fourth-order valence-electron chi connectivity index (χ4n) is 2.15. The summed E-state index contributed by atoms with van der Waals surface area (Å²) in [5.41, 5.74) is 0.586. The fourth-order valence-corrected chi connectivity index (χ4v) is 2.15. The maximum absolute atomic E-state index is 12.2. The molecule has 0 saturated carbocycles. The molecule has 1 aromatic heterocycles. The first-order valence-electron chi connectivity index (χ1n) is 6.23. The highest BCUT2D eigenvalue weighted by Crippen LogP contribution is 2.35. The molecule has 2 aromatic carbocycles. The number of fused-ring (bicyclic) bond motifs is 1. The maximum Gasteiger partial charge on any atom is 0.204 e. The van der Waals surface area contributed by atoms with Gasteiger partial charge in [-0.1, -0.05) is 0 Å². The maximum atomic E-state index is 12.2. The highest BCUT2D eigenvalue weighted by Gasteiger charge is 2.14. The van der Waals surface area contributed by atoms with Gasteiger partial charge in [-0.3, -0.25) is 4.79 Å². The van der Waals surface area contributed by atoms with Crippen molar-refractivity contribution in [2.45, 2.75) is 0 Å². The van der Waals surface area contributed by atoms with Crippen LogP contribution < -0.4 is 10.2 Å². The zero-order valence-electron chi connectivity index (χ0n) is 11.2. The summed E-state index contributed by atoms with van der Waals surface area (Å²) in [6.45, 7) is 0. The van der Waals surface area contributed by atoms with Crippen LogP contribution in [0.25, 0.3) is 22.3 Å². The predicted molar refractivity (Wildman–Crippen MR) is 77.8 cm³/mol. The summed E-state index contributed by atoms with van der Waals surface area (Å²) in [5, 5.41) is 19.4. The summed E-state index contributed by atoms with van der Waals surface area (Å²) in [6.07, 6.45) is 0. The molecule has 0 amide bonds. The van der Waals surface area contributed by atoms with Gasteiger partial charge in [0.2, 0.25) is 5.75 Å². The number of aromatic hydroxyl groups is 2. The topological polar surface area (TPSA) is 79.9 Å². The van der Waals surface area contributed by atoms with E-state index in [2.05, 4.69) is 0 Å². The van der Waals surface area contributed by atoms with E-state index in [1.807, 2.05) is 0 Å². The van der Waals surface area contributed by atoms with Crippen molar-refractivity contribution < 1.29 is 19.4 Å². The largest absolute Gasteiger partial charge is 0.508 e. The van der Waals surface area contributed by atoms with E-state index in [1.54, 1.807) is 12.1 Å². The van der Waals surface area contributed by atoms with E-state index in [4.69, 9.17) is 9.15 Å². The molecule has 2 N–H and O–H groups in total. The van der Waals surface area contributed by atoms with Gasteiger partial charge in [-0.05, 0) is 36.4 Å². The normalized spacial score (nSPS) is 10.7. The number of ether oxygens (including phenoxy) is 1. The van der Waals surface area contributed by atoms with Crippen LogP contribution in [0.2, 0.25) is 0 Å². The number of hydrogen-bond donors (Lipinski definition) is 2. The molecule has 0 bridgehead atoms. The summed E-state index contributed by atoms with van der Waals surface area (Å²) >= 11 is 0. The van der Waals surface area contributed by atoms with E-state index in [0.717, 1.165) is 0 Å². The first kappa shape index (κ1) is 13.1. The third-order valence-electron chi connectivity index (χ3n) is 3.19. The van der Waals surface area contributed by atoms with Crippen molar-refractivity contribution in [3.63, 3.8) is 0 Å². The van der Waals surface area contributed by atoms with Crippen LogP contribution >= 0.6 is 0 Å². The highest BCUT2D eigenvalue weighted by molar-refractivity contribution is 5.86. The number of methoxy groups -OCH3 is 1. The van der Waals surface area contributed by atoms with Gasteiger partial charge in [0.25, 0.3) is 0 Å². The molecule has 0 radical (unpaired) electrons. The Kier molecular flexibility index (Phi) is 3.02. The summed E-state index contributed by atoms with van der Waals surface area (Å²) in [6, 6.07) is 10.5. The number of benzene rings is 2. The lowest BCUT2D eigenvalue weighted by atomic mass is 10.1. The molecule has 0 atom stereocenters. The molecule has 0 fully saturated rings. The van der Waals surface area contributed by atoms with Gasteiger partial charge in [0.1, 0.15) is 11.5 Å². The first-order valence-corrected chi connectivity index (χ1v) is 6.23. The summed E-state index contributed by atoms with van der Waals surface area (Å²) in [4.78, 5) is 12.2. The third-order valence-corrected chi connectivity index (χ3v) is 3.19. The Bertz CT molecular complexity index is 862. The predicted octanol–water partition coefficient (Wildman–Crippen LogP) is 2.88. The number of phenols is 2. The summed E-state index contributed by atoms with van der Waals surface area (Å²) < 4.78 is 10.8. The van der Waals surface area contributed by atoms with Crippen LogP contribution in [0.3, 0.4) is 0 Å². The second kappa shape index (κ2) is 4.86. The van der Waals surface area contributed by atoms with Crippen molar-refractivity contribution >= 4 is 11.0 Å². The fraction of sp³-hybridized carbons (Fsp3) is 0.0625. The van der Waals surface area contributed by atoms with Gasteiger partial charge in [0.05, 0.1) is 12.5 Å². The molecule has 3 rings (SSSR count). The molecule has 0 aliphatic carbocycles. The van der Waals surface area contributed by atoms with Crippen molar-refractivity contribution in [1.82, 2.24) is 0 Å². The lowest BCUT2D eigenvalue weighted by Gasteiger charge is -2.08. The monoisotopic (exact) mass is 284 g/mol. The number of hydrogen-bond acceptors (Lipinski definition) is 5. The van der Waals surface area contributed by atoms with E-state index in [-0.39, 0.29) is 28.3 Å². The van der Waals surface area contributed by atoms with Gasteiger partial charge in [0.15, 0.2) is 16.8 Å². The van der Waals surface area contributed by atoms with Crippen LogP contribution in [0.5, 0.6) is 17.2 Å². The van der Waals surface area contributed by atoms with E-state index in [9.17, 15) is 15.0 Å². The molecule has 1 heterocycles. The molecule has 0 aliphatic heterocycles. The molecule has 0 saturated heterocycles. The van der Waals surface area contributed by atoms with E-state index >= 15 is 0 Å². The second-order valence-electron chi connectivity index (χ2n) is 4.52. The lowest BCUT2D eigenvalue weighted by molar-refractivity contribution is 0.371. The highest BCUT2D eigenvalue weighted by atomic mass is 16.5. The molecule has 106 valence electrons. The Morgan fingerprint density at radius 3 is 2.43 bits per heavy atom. The van der Waals surface area contributed by atoms with Crippen molar-refractivity contribution in [2.75, 3.05) is 7.11 Å². The Labute approximate surface area is 119 Å². The minimum atomic E-state index is -0.238. The van der Waals surface area contributed by atoms with E-state index in [1.165, 1.54) is 37.4 Å². The first-order chi connectivity index (χ1) is 10.1. The minimum Gasteiger partial charge on any atom is -0.508 e. The Morgan fingerprint density at radius 2 is 1.76 bits per heavy atom. The van der Waals surface area contributed by atoms with Gasteiger partial charge in [-0.15, -0.1) is 0 Å². The van der Waals surface area contributed by atoms with Gasteiger partial charge >= 0.3 is 0 Å². The molecule has 5 nitrogen and oxygen atoms in total. The molecule has 0 spiro atoms. The van der Waals surface area contributed by atoms with Crippen molar-refractivity contribution in [1.29, 1.82) is 0 Å². The van der Waals surface area contributed by atoms with Crippen molar-refractivity contribution in [3.05, 3.63) is 52.7 Å². The van der Waals surface area contributed by atoms with Gasteiger partial charge in [-0.25, -0.2) is 0 Å². The second-order valence-corrected chi connectivity index (χ2v) is 4.52. The minimum absolute atomic E-state index is 0.101. The van der Waals surface area contributed by atoms with Crippen LogP contribution in [0, 0.1) is 0 Å². The number of phenolic OH excluding ortho intramolecular Hbond substituents is 2. The van der Waals surface area contributed by atoms with Gasteiger partial charge < -0.3 is 19.4 Å². The number of rotatable bonds is 2. The average molecular weight is 284 g/mol. The standard InChI is InChI=1S/C16H12O5/c1-20-16-12(18)7-6-11-13(19)8-14(21-15(11)16)9-2-4-10(17)5-3-9/h2-8,17-18H,1H3.